The Balaban J connectivity index is 2.16. The maximum atomic E-state index is 11.1. The highest BCUT2D eigenvalue weighted by atomic mass is 16.5. The van der Waals surface area contributed by atoms with Crippen LogP contribution in [0.2, 0.25) is 0 Å². The van der Waals surface area contributed by atoms with E-state index in [-0.39, 0.29) is 6.42 Å². The zero-order valence-electron chi connectivity index (χ0n) is 10.3. The van der Waals surface area contributed by atoms with E-state index in [4.69, 9.17) is 0 Å². The van der Waals surface area contributed by atoms with Gasteiger partial charge in [0.25, 0.3) is 0 Å². The predicted octanol–water partition coefficient (Wildman–Crippen LogP) is 2.80. The van der Waals surface area contributed by atoms with Crippen LogP contribution in [0.25, 0.3) is 21.8 Å². The molecule has 3 aromatic rings. The molecular formula is C15H13N2O2-. The minimum absolute atomic E-state index is 0.187. The minimum atomic E-state index is -0.484. The van der Waals surface area contributed by atoms with Gasteiger partial charge in [0.15, 0.2) is 0 Å². The van der Waals surface area contributed by atoms with Gasteiger partial charge < -0.3 is 15.3 Å². The van der Waals surface area contributed by atoms with Crippen LogP contribution in [0.4, 0.5) is 0 Å². The van der Waals surface area contributed by atoms with E-state index in [9.17, 15) is 10.0 Å². The van der Waals surface area contributed by atoms with Gasteiger partial charge in [-0.25, -0.2) is 0 Å². The number of hydrogen-bond acceptors (Lipinski definition) is 2. The second-order valence-electron chi connectivity index (χ2n) is 4.46. The lowest BCUT2D eigenvalue weighted by molar-refractivity contribution is -0.120. The lowest BCUT2D eigenvalue weighted by atomic mass is 10.2. The summed E-state index contributed by atoms with van der Waals surface area (Å²) in [5.74, 6) is -0.484. The molecular weight excluding hydrogens is 240 g/mol. The largest absolute Gasteiger partial charge is 0.759 e. The molecule has 2 aromatic carbocycles. The van der Waals surface area contributed by atoms with Gasteiger partial charge >= 0.3 is 0 Å². The summed E-state index contributed by atoms with van der Waals surface area (Å²) in [7, 11) is 0. The number of aryl methyl sites for hydroxylation is 1. The molecule has 4 nitrogen and oxygen atoms in total. The van der Waals surface area contributed by atoms with Crippen molar-refractivity contribution in [1.29, 1.82) is 0 Å². The van der Waals surface area contributed by atoms with Crippen LogP contribution >= 0.6 is 0 Å². The molecule has 0 atom stereocenters. The number of carbonyl (C=O) groups excluding carboxylic acids is 1. The van der Waals surface area contributed by atoms with Gasteiger partial charge in [0, 0.05) is 34.8 Å². The van der Waals surface area contributed by atoms with Crippen LogP contribution in [0.5, 0.6) is 0 Å². The Morgan fingerprint density at radius 3 is 2.05 bits per heavy atom. The van der Waals surface area contributed by atoms with Crippen molar-refractivity contribution in [2.24, 2.45) is 0 Å². The summed E-state index contributed by atoms with van der Waals surface area (Å²) in [5.41, 5.74) is 3.59. The molecule has 0 saturated carbocycles. The standard InChI is InChI=1S/C15H13N2O2/c18-15(16-19)9-10-17-13-7-3-1-5-11(13)12-6-2-4-8-14(12)17/h1-8H,9-10H2,(H-,16,18,19)/q-1. The van der Waals surface area contributed by atoms with Gasteiger partial charge in [0.2, 0.25) is 5.91 Å². The summed E-state index contributed by atoms with van der Waals surface area (Å²) in [4.78, 5) is 11.1. The van der Waals surface area contributed by atoms with Crippen molar-refractivity contribution in [1.82, 2.24) is 10.0 Å². The average Bonchev–Trinajstić information content (AvgIpc) is 2.79. The molecule has 0 radical (unpaired) electrons. The van der Waals surface area contributed by atoms with Crippen molar-refractivity contribution in [3.63, 3.8) is 0 Å². The van der Waals surface area contributed by atoms with Crippen molar-refractivity contribution in [2.45, 2.75) is 13.0 Å². The number of benzene rings is 2. The molecule has 0 aliphatic carbocycles. The first-order valence-corrected chi connectivity index (χ1v) is 6.18. The van der Waals surface area contributed by atoms with E-state index in [0.717, 1.165) is 11.0 Å². The number of carbonyl (C=O) groups is 1. The maximum Gasteiger partial charge on any atom is 0.211 e. The first-order chi connectivity index (χ1) is 9.31. The van der Waals surface area contributed by atoms with Crippen molar-refractivity contribution in [3.8, 4) is 0 Å². The van der Waals surface area contributed by atoms with E-state index in [0.29, 0.717) is 6.54 Å². The quantitative estimate of drug-likeness (QED) is 0.730. The van der Waals surface area contributed by atoms with E-state index in [1.165, 1.54) is 16.3 Å². The SMILES string of the molecule is O=C(CCn1c2ccccc2c2ccccc21)N[O-]. The molecule has 1 aromatic heterocycles. The summed E-state index contributed by atoms with van der Waals surface area (Å²) >= 11 is 0. The Bertz CT molecular complexity index is 693. The van der Waals surface area contributed by atoms with E-state index in [1.807, 2.05) is 36.4 Å². The van der Waals surface area contributed by atoms with Crippen molar-refractivity contribution in [3.05, 3.63) is 53.7 Å². The monoisotopic (exact) mass is 253 g/mol. The second kappa shape index (κ2) is 4.74. The fraction of sp³-hybridized carbons (Fsp3) is 0.133. The molecule has 1 amide bonds. The van der Waals surface area contributed by atoms with Crippen molar-refractivity contribution in [2.75, 3.05) is 0 Å². The Morgan fingerprint density at radius 1 is 1.00 bits per heavy atom. The predicted molar refractivity (Wildman–Crippen MR) is 75.6 cm³/mol. The van der Waals surface area contributed by atoms with E-state index in [1.54, 1.807) is 0 Å². The van der Waals surface area contributed by atoms with Crippen LogP contribution in [-0.2, 0) is 11.3 Å². The molecule has 96 valence electrons. The number of nitrogens with one attached hydrogen (secondary N) is 1. The average molecular weight is 253 g/mol. The zero-order chi connectivity index (χ0) is 13.2. The molecule has 1 N–H and O–H groups in total. The molecule has 0 aliphatic rings. The van der Waals surface area contributed by atoms with Gasteiger partial charge in [-0.3, -0.25) is 4.79 Å². The van der Waals surface area contributed by atoms with Crippen LogP contribution in [0, 0.1) is 5.21 Å². The molecule has 3 rings (SSSR count). The lowest BCUT2D eigenvalue weighted by Gasteiger charge is -2.09. The third kappa shape index (κ3) is 1.96. The van der Waals surface area contributed by atoms with Gasteiger partial charge in [-0.15, -0.1) is 0 Å². The van der Waals surface area contributed by atoms with Crippen LogP contribution in [0.3, 0.4) is 0 Å². The molecule has 0 aliphatic heterocycles. The third-order valence-corrected chi connectivity index (χ3v) is 3.36. The Hall–Kier alpha value is -2.33. The van der Waals surface area contributed by atoms with E-state index < -0.39 is 5.91 Å². The molecule has 1 heterocycles. The number of hydroxylamine groups is 1. The van der Waals surface area contributed by atoms with Crippen LogP contribution in [0.1, 0.15) is 6.42 Å². The third-order valence-electron chi connectivity index (χ3n) is 3.36. The van der Waals surface area contributed by atoms with Gasteiger partial charge in [0.1, 0.15) is 0 Å². The molecule has 0 saturated heterocycles. The lowest BCUT2D eigenvalue weighted by Crippen LogP contribution is -2.17. The van der Waals surface area contributed by atoms with Gasteiger partial charge in [-0.1, -0.05) is 36.4 Å². The van der Waals surface area contributed by atoms with Gasteiger partial charge in [0.05, 0.1) is 0 Å². The van der Waals surface area contributed by atoms with Gasteiger partial charge in [-0.2, -0.15) is 0 Å². The van der Waals surface area contributed by atoms with Crippen LogP contribution in [-0.4, -0.2) is 10.5 Å². The van der Waals surface area contributed by atoms with Crippen molar-refractivity contribution < 1.29 is 4.79 Å². The summed E-state index contributed by atoms with van der Waals surface area (Å²) in [6.45, 7) is 0.502. The summed E-state index contributed by atoms with van der Waals surface area (Å²) in [6.07, 6.45) is 0.187. The number of aromatic nitrogens is 1. The molecule has 0 bridgehead atoms. The first kappa shape index (κ1) is 11.7. The summed E-state index contributed by atoms with van der Waals surface area (Å²) in [6, 6.07) is 16.2. The Labute approximate surface area is 110 Å². The number of nitrogens with zero attached hydrogens (tertiary/aromatic N) is 1. The maximum absolute atomic E-state index is 11.1. The number of fused-ring (bicyclic) bond motifs is 3. The number of hydrogen-bond donors (Lipinski definition) is 1. The van der Waals surface area contributed by atoms with E-state index >= 15 is 0 Å². The topological polar surface area (TPSA) is 57.1 Å². The first-order valence-electron chi connectivity index (χ1n) is 6.18. The number of rotatable bonds is 3. The number of amides is 1. The highest BCUT2D eigenvalue weighted by molar-refractivity contribution is 6.08. The summed E-state index contributed by atoms with van der Waals surface area (Å²) in [5, 5.41) is 12.6. The fourth-order valence-corrected chi connectivity index (χ4v) is 2.51. The smallest absolute Gasteiger partial charge is 0.211 e. The number of para-hydroxylation sites is 2. The van der Waals surface area contributed by atoms with E-state index in [2.05, 4.69) is 16.7 Å². The zero-order valence-corrected chi connectivity index (χ0v) is 10.3. The highest BCUT2D eigenvalue weighted by Gasteiger charge is 2.09. The molecule has 0 spiro atoms. The summed E-state index contributed by atoms with van der Waals surface area (Å²) < 4.78 is 2.08. The molecule has 19 heavy (non-hydrogen) atoms. The fourth-order valence-electron chi connectivity index (χ4n) is 2.51. The van der Waals surface area contributed by atoms with Gasteiger partial charge in [-0.05, 0) is 12.1 Å². The normalized spacial score (nSPS) is 11.0. The molecule has 0 fully saturated rings. The van der Waals surface area contributed by atoms with Crippen molar-refractivity contribution >= 4 is 27.7 Å². The Kier molecular flexibility index (Phi) is 2.93. The second-order valence-corrected chi connectivity index (χ2v) is 4.46. The Morgan fingerprint density at radius 2 is 1.53 bits per heavy atom. The van der Waals surface area contributed by atoms with Crippen LogP contribution in [0.15, 0.2) is 48.5 Å². The van der Waals surface area contributed by atoms with Crippen LogP contribution < -0.4 is 5.48 Å². The molecule has 4 heteroatoms. The minimum Gasteiger partial charge on any atom is -0.759 e. The highest BCUT2D eigenvalue weighted by Crippen LogP contribution is 2.28. The molecule has 0 unspecified atom stereocenters.